The van der Waals surface area contributed by atoms with Crippen LogP contribution in [0.1, 0.15) is 11.1 Å². The summed E-state index contributed by atoms with van der Waals surface area (Å²) >= 11 is 7.41. The standard InChI is InChI=1S/C15H10Br2N2/c16-15(17)13(11-7-3-1-4-8-11)18-19-14(15)12-9-5-2-6-10-12/h1-10H. The minimum Gasteiger partial charge on any atom is -0.152 e. The molecule has 0 unspecified atom stereocenters. The van der Waals surface area contributed by atoms with E-state index in [4.69, 9.17) is 0 Å². The van der Waals surface area contributed by atoms with E-state index < -0.39 is 3.23 Å². The number of halogens is 2. The summed E-state index contributed by atoms with van der Waals surface area (Å²) < 4.78 is -0.539. The minimum absolute atomic E-state index is 0.539. The molecule has 4 heteroatoms. The van der Waals surface area contributed by atoms with Crippen molar-refractivity contribution in [2.24, 2.45) is 10.2 Å². The SMILES string of the molecule is BrC1(Br)C(c2ccccc2)=NN=C1c1ccccc1. The first-order valence-corrected chi connectivity index (χ1v) is 7.43. The van der Waals surface area contributed by atoms with Crippen molar-refractivity contribution in [1.29, 1.82) is 0 Å². The Morgan fingerprint density at radius 2 is 1.00 bits per heavy atom. The van der Waals surface area contributed by atoms with Crippen LogP contribution < -0.4 is 0 Å². The molecule has 0 saturated carbocycles. The molecular formula is C15H10Br2N2. The number of rotatable bonds is 2. The fourth-order valence-electron chi connectivity index (χ4n) is 2.01. The molecule has 0 N–H and O–H groups in total. The quantitative estimate of drug-likeness (QED) is 0.694. The summed E-state index contributed by atoms with van der Waals surface area (Å²) in [5.74, 6) is 0. The fourth-order valence-corrected chi connectivity index (χ4v) is 3.24. The summed E-state index contributed by atoms with van der Waals surface area (Å²) in [6.45, 7) is 0. The first-order chi connectivity index (χ1) is 9.19. The molecule has 2 aromatic carbocycles. The Balaban J connectivity index is 1.99. The van der Waals surface area contributed by atoms with Gasteiger partial charge in [0.2, 0.25) is 0 Å². The maximum absolute atomic E-state index is 4.33. The van der Waals surface area contributed by atoms with Gasteiger partial charge in [-0.05, 0) is 0 Å². The Labute approximate surface area is 128 Å². The molecular weight excluding hydrogens is 368 g/mol. The summed E-state index contributed by atoms with van der Waals surface area (Å²) in [5, 5.41) is 8.65. The Bertz CT molecular complexity index is 589. The highest BCUT2D eigenvalue weighted by molar-refractivity contribution is 9.26. The van der Waals surface area contributed by atoms with Crippen molar-refractivity contribution < 1.29 is 0 Å². The molecule has 2 aromatic rings. The van der Waals surface area contributed by atoms with Gasteiger partial charge >= 0.3 is 0 Å². The molecule has 0 radical (unpaired) electrons. The van der Waals surface area contributed by atoms with Crippen molar-refractivity contribution in [3.05, 3.63) is 71.8 Å². The first-order valence-electron chi connectivity index (χ1n) is 5.85. The average Bonchev–Trinajstić information content (AvgIpc) is 2.76. The van der Waals surface area contributed by atoms with Gasteiger partial charge < -0.3 is 0 Å². The molecule has 1 heterocycles. The maximum atomic E-state index is 4.33. The third-order valence-corrected chi connectivity index (χ3v) is 4.44. The van der Waals surface area contributed by atoms with Gasteiger partial charge in [0.05, 0.1) is 0 Å². The second kappa shape index (κ2) is 5.02. The normalized spacial score (nSPS) is 16.9. The Morgan fingerprint density at radius 3 is 1.37 bits per heavy atom. The van der Waals surface area contributed by atoms with Gasteiger partial charge in [0, 0.05) is 11.1 Å². The number of benzene rings is 2. The van der Waals surface area contributed by atoms with Gasteiger partial charge in [0.25, 0.3) is 0 Å². The zero-order valence-corrected chi connectivity index (χ0v) is 13.1. The van der Waals surface area contributed by atoms with Crippen molar-refractivity contribution in [2.45, 2.75) is 3.23 Å². The second-order valence-electron chi connectivity index (χ2n) is 4.20. The van der Waals surface area contributed by atoms with Gasteiger partial charge in [-0.15, -0.1) is 0 Å². The number of hydrogen-bond acceptors (Lipinski definition) is 2. The molecule has 0 saturated heterocycles. The van der Waals surface area contributed by atoms with Crippen LogP contribution in [0.15, 0.2) is 70.9 Å². The summed E-state index contributed by atoms with van der Waals surface area (Å²) in [6, 6.07) is 20.1. The van der Waals surface area contributed by atoms with Gasteiger partial charge in [-0.25, -0.2) is 0 Å². The Kier molecular flexibility index (Phi) is 3.37. The Hall–Kier alpha value is -1.26. The summed E-state index contributed by atoms with van der Waals surface area (Å²) in [4.78, 5) is 0. The third-order valence-electron chi connectivity index (χ3n) is 2.94. The molecule has 0 atom stereocenters. The van der Waals surface area contributed by atoms with Crippen LogP contribution in [-0.4, -0.2) is 14.7 Å². The zero-order chi connectivity index (χ0) is 13.3. The lowest BCUT2D eigenvalue weighted by Crippen LogP contribution is -2.32. The molecule has 3 rings (SSSR count). The average molecular weight is 378 g/mol. The molecule has 0 aliphatic carbocycles. The van der Waals surface area contributed by atoms with Crippen molar-refractivity contribution in [1.82, 2.24) is 0 Å². The van der Waals surface area contributed by atoms with E-state index in [0.29, 0.717) is 0 Å². The van der Waals surface area contributed by atoms with Crippen molar-refractivity contribution in [2.75, 3.05) is 0 Å². The molecule has 94 valence electrons. The largest absolute Gasteiger partial charge is 0.168 e. The molecule has 1 aliphatic rings. The topological polar surface area (TPSA) is 24.7 Å². The van der Waals surface area contributed by atoms with E-state index in [1.165, 1.54) is 0 Å². The summed E-state index contributed by atoms with van der Waals surface area (Å²) in [6.07, 6.45) is 0. The van der Waals surface area contributed by atoms with E-state index in [2.05, 4.69) is 42.1 Å². The van der Waals surface area contributed by atoms with Gasteiger partial charge in [-0.2, -0.15) is 10.2 Å². The van der Waals surface area contributed by atoms with Crippen LogP contribution in [0.25, 0.3) is 0 Å². The van der Waals surface area contributed by atoms with Crippen LogP contribution in [0.3, 0.4) is 0 Å². The predicted octanol–water partition coefficient (Wildman–Crippen LogP) is 4.38. The van der Waals surface area contributed by atoms with Crippen molar-refractivity contribution in [3.8, 4) is 0 Å². The molecule has 0 aromatic heterocycles. The highest BCUT2D eigenvalue weighted by Gasteiger charge is 2.41. The lowest BCUT2D eigenvalue weighted by molar-refractivity contribution is 1.26. The van der Waals surface area contributed by atoms with Crippen LogP contribution in [-0.2, 0) is 0 Å². The number of hydrogen-bond donors (Lipinski definition) is 0. The number of nitrogens with zero attached hydrogens (tertiary/aromatic N) is 2. The Morgan fingerprint density at radius 1 is 0.632 bits per heavy atom. The minimum atomic E-state index is -0.539. The first kappa shape index (κ1) is 12.8. The second-order valence-corrected chi connectivity index (χ2v) is 7.65. The molecule has 0 bridgehead atoms. The highest BCUT2D eigenvalue weighted by atomic mass is 79.9. The zero-order valence-electron chi connectivity index (χ0n) is 9.92. The smallest absolute Gasteiger partial charge is 0.152 e. The summed E-state index contributed by atoms with van der Waals surface area (Å²) in [5.41, 5.74) is 3.83. The fraction of sp³-hybridized carbons (Fsp3) is 0.0667. The van der Waals surface area contributed by atoms with Crippen LogP contribution >= 0.6 is 31.9 Å². The van der Waals surface area contributed by atoms with Crippen LogP contribution in [0, 0.1) is 0 Å². The third kappa shape index (κ3) is 2.30. The maximum Gasteiger partial charge on any atom is 0.168 e. The molecule has 2 nitrogen and oxygen atoms in total. The van der Waals surface area contributed by atoms with Gasteiger partial charge in [0.1, 0.15) is 11.4 Å². The summed E-state index contributed by atoms with van der Waals surface area (Å²) in [7, 11) is 0. The van der Waals surface area contributed by atoms with Gasteiger partial charge in [0.15, 0.2) is 3.23 Å². The van der Waals surface area contributed by atoms with Crippen molar-refractivity contribution >= 4 is 43.3 Å². The lowest BCUT2D eigenvalue weighted by atomic mass is 10.0. The molecule has 0 amide bonds. The predicted molar refractivity (Wildman–Crippen MR) is 86.5 cm³/mol. The molecule has 19 heavy (non-hydrogen) atoms. The van der Waals surface area contributed by atoms with Crippen LogP contribution in [0.2, 0.25) is 0 Å². The molecule has 0 fully saturated rings. The molecule has 0 spiro atoms. The van der Waals surface area contributed by atoms with E-state index in [1.54, 1.807) is 0 Å². The van der Waals surface area contributed by atoms with Gasteiger partial charge in [-0.3, -0.25) is 0 Å². The number of alkyl halides is 2. The van der Waals surface area contributed by atoms with E-state index in [-0.39, 0.29) is 0 Å². The van der Waals surface area contributed by atoms with E-state index >= 15 is 0 Å². The van der Waals surface area contributed by atoms with E-state index in [1.807, 2.05) is 60.7 Å². The van der Waals surface area contributed by atoms with Gasteiger partial charge in [-0.1, -0.05) is 92.5 Å². The van der Waals surface area contributed by atoms with E-state index in [9.17, 15) is 0 Å². The highest BCUT2D eigenvalue weighted by Crippen LogP contribution is 2.38. The van der Waals surface area contributed by atoms with Crippen LogP contribution in [0.4, 0.5) is 0 Å². The van der Waals surface area contributed by atoms with Crippen molar-refractivity contribution in [3.63, 3.8) is 0 Å². The van der Waals surface area contributed by atoms with E-state index in [0.717, 1.165) is 22.6 Å². The van der Waals surface area contributed by atoms with Crippen LogP contribution in [0.5, 0.6) is 0 Å². The molecule has 1 aliphatic heterocycles. The lowest BCUT2D eigenvalue weighted by Gasteiger charge is -2.19. The monoisotopic (exact) mass is 376 g/mol.